The van der Waals surface area contributed by atoms with Crippen LogP contribution in [0.2, 0.25) is 0 Å². The third-order valence-electron chi connectivity index (χ3n) is 5.58. The highest BCUT2D eigenvalue weighted by molar-refractivity contribution is 7.14. The van der Waals surface area contributed by atoms with Crippen molar-refractivity contribution in [3.63, 3.8) is 0 Å². The van der Waals surface area contributed by atoms with Crippen molar-refractivity contribution in [2.75, 3.05) is 31.5 Å². The predicted molar refractivity (Wildman–Crippen MR) is 128 cm³/mol. The molecule has 3 aromatic rings. The van der Waals surface area contributed by atoms with Crippen LogP contribution in [0.5, 0.6) is 17.2 Å². The molecule has 2 aromatic carbocycles. The van der Waals surface area contributed by atoms with Crippen LogP contribution in [-0.4, -0.2) is 44.2 Å². The lowest BCUT2D eigenvalue weighted by molar-refractivity contribution is -0.116. The number of carbonyl (C=O) groups is 2. The van der Waals surface area contributed by atoms with Crippen LogP contribution in [0.15, 0.2) is 35.7 Å². The van der Waals surface area contributed by atoms with Crippen molar-refractivity contribution in [2.45, 2.75) is 26.3 Å². The van der Waals surface area contributed by atoms with Crippen LogP contribution in [0.1, 0.15) is 29.8 Å². The molecule has 0 saturated heterocycles. The Kier molecular flexibility index (Phi) is 6.24. The molecule has 9 heteroatoms. The van der Waals surface area contributed by atoms with Gasteiger partial charge in [-0.3, -0.25) is 14.9 Å². The van der Waals surface area contributed by atoms with Crippen molar-refractivity contribution in [2.24, 2.45) is 0 Å². The number of nitrogens with one attached hydrogen (secondary N) is 1. The summed E-state index contributed by atoms with van der Waals surface area (Å²) in [6.45, 7) is 3.63. The zero-order valence-electron chi connectivity index (χ0n) is 19.1. The topological polar surface area (TPSA) is 90.0 Å². The lowest BCUT2D eigenvalue weighted by Gasteiger charge is -2.20. The highest BCUT2D eigenvalue weighted by atomic mass is 32.1. The number of thiazole rings is 1. The summed E-state index contributed by atoms with van der Waals surface area (Å²) in [6, 6.07) is 9.29. The van der Waals surface area contributed by atoms with Gasteiger partial charge in [-0.25, -0.2) is 4.98 Å². The fourth-order valence-electron chi connectivity index (χ4n) is 4.12. The molecular weight excluding hydrogens is 442 g/mol. The molecule has 4 rings (SSSR count). The first kappa shape index (κ1) is 22.6. The van der Waals surface area contributed by atoms with E-state index in [0.717, 1.165) is 28.9 Å². The molecule has 1 atom stereocenters. The van der Waals surface area contributed by atoms with E-state index in [2.05, 4.69) is 16.4 Å². The number of carbonyl (C=O) groups excluding carboxylic acids is 2. The lowest BCUT2D eigenvalue weighted by Crippen LogP contribution is -2.33. The first-order valence-corrected chi connectivity index (χ1v) is 11.2. The van der Waals surface area contributed by atoms with Gasteiger partial charge in [0.05, 0.1) is 27.0 Å². The standard InChI is InChI=1S/C24H25N3O5S/c1-13-8-16-9-15(6-7-19(16)27(13)14(2)28)18-12-33-24(25-18)26-23(29)17-10-20(30-3)22(32-5)21(11-17)31-4/h6-7,9-13H,8H2,1-5H3,(H,25,26,29)/t13-/m0/s1. The van der Waals surface area contributed by atoms with Crippen molar-refractivity contribution >= 4 is 34.0 Å². The monoisotopic (exact) mass is 467 g/mol. The number of ether oxygens (including phenoxy) is 3. The SMILES string of the molecule is COc1cc(C(=O)Nc2nc(-c3ccc4c(c3)C[C@H](C)N4C(C)=O)cs2)cc(OC)c1OC. The third-order valence-corrected chi connectivity index (χ3v) is 6.34. The maximum absolute atomic E-state index is 12.9. The number of fused-ring (bicyclic) bond motifs is 1. The third kappa shape index (κ3) is 4.23. The molecule has 1 aliphatic rings. The Morgan fingerprint density at radius 3 is 2.39 bits per heavy atom. The predicted octanol–water partition coefficient (Wildman–Crippen LogP) is 4.39. The maximum Gasteiger partial charge on any atom is 0.257 e. The number of benzene rings is 2. The van der Waals surface area contributed by atoms with Crippen LogP contribution in [0.25, 0.3) is 11.3 Å². The first-order chi connectivity index (χ1) is 15.9. The summed E-state index contributed by atoms with van der Waals surface area (Å²) in [4.78, 5) is 31.2. The van der Waals surface area contributed by atoms with Gasteiger partial charge in [0.2, 0.25) is 11.7 Å². The number of amides is 2. The van der Waals surface area contributed by atoms with Gasteiger partial charge in [-0.15, -0.1) is 11.3 Å². The van der Waals surface area contributed by atoms with E-state index in [1.165, 1.54) is 32.7 Å². The zero-order chi connectivity index (χ0) is 23.7. The smallest absolute Gasteiger partial charge is 0.257 e. The second-order valence-corrected chi connectivity index (χ2v) is 8.55. The highest BCUT2D eigenvalue weighted by Gasteiger charge is 2.29. The van der Waals surface area contributed by atoms with Gasteiger partial charge in [-0.05, 0) is 43.2 Å². The number of aromatic nitrogens is 1. The number of nitrogens with zero attached hydrogens (tertiary/aromatic N) is 2. The summed E-state index contributed by atoms with van der Waals surface area (Å²) in [5.74, 6) is 0.916. The number of hydrogen-bond donors (Lipinski definition) is 1. The van der Waals surface area contributed by atoms with Crippen molar-refractivity contribution in [1.82, 2.24) is 4.98 Å². The van der Waals surface area contributed by atoms with Crippen molar-refractivity contribution in [3.05, 3.63) is 46.8 Å². The van der Waals surface area contributed by atoms with E-state index >= 15 is 0 Å². The van der Waals surface area contributed by atoms with Gasteiger partial charge >= 0.3 is 0 Å². The van der Waals surface area contributed by atoms with E-state index in [0.29, 0.717) is 27.9 Å². The lowest BCUT2D eigenvalue weighted by atomic mass is 10.1. The Bertz CT molecular complexity index is 1200. The second kappa shape index (κ2) is 9.11. The molecule has 33 heavy (non-hydrogen) atoms. The van der Waals surface area contributed by atoms with E-state index in [-0.39, 0.29) is 17.9 Å². The Labute approximate surface area is 196 Å². The number of hydrogen-bond acceptors (Lipinski definition) is 7. The van der Waals surface area contributed by atoms with Crippen LogP contribution in [0.4, 0.5) is 10.8 Å². The summed E-state index contributed by atoms with van der Waals surface area (Å²) in [6.07, 6.45) is 0.803. The van der Waals surface area contributed by atoms with Crippen LogP contribution in [0, 0.1) is 0 Å². The van der Waals surface area contributed by atoms with Crippen LogP contribution in [0.3, 0.4) is 0 Å². The number of rotatable bonds is 6. The zero-order valence-corrected chi connectivity index (χ0v) is 19.9. The normalized spacial score (nSPS) is 14.6. The molecule has 0 spiro atoms. The molecule has 0 aliphatic carbocycles. The molecule has 0 bridgehead atoms. The average Bonchev–Trinajstić information content (AvgIpc) is 3.40. The summed E-state index contributed by atoms with van der Waals surface area (Å²) in [5.41, 5.74) is 4.13. The van der Waals surface area contributed by atoms with Gasteiger partial charge in [-0.2, -0.15) is 0 Å². The van der Waals surface area contributed by atoms with E-state index in [9.17, 15) is 9.59 Å². The quantitative estimate of drug-likeness (QED) is 0.579. The summed E-state index contributed by atoms with van der Waals surface area (Å²) in [7, 11) is 4.51. The molecule has 0 radical (unpaired) electrons. The van der Waals surface area contributed by atoms with Crippen LogP contribution in [-0.2, 0) is 11.2 Å². The van der Waals surface area contributed by atoms with Crippen molar-refractivity contribution in [1.29, 1.82) is 0 Å². The minimum Gasteiger partial charge on any atom is -0.493 e. The van der Waals surface area contributed by atoms with Crippen molar-refractivity contribution in [3.8, 4) is 28.5 Å². The summed E-state index contributed by atoms with van der Waals surface area (Å²) >= 11 is 1.34. The molecule has 172 valence electrons. The minimum atomic E-state index is -0.338. The molecule has 0 saturated carbocycles. The van der Waals surface area contributed by atoms with E-state index in [1.807, 2.05) is 29.3 Å². The van der Waals surface area contributed by atoms with Gasteiger partial charge in [0.25, 0.3) is 5.91 Å². The van der Waals surface area contributed by atoms with Crippen molar-refractivity contribution < 1.29 is 23.8 Å². The van der Waals surface area contributed by atoms with Gasteiger partial charge < -0.3 is 19.1 Å². The molecule has 0 fully saturated rings. The molecule has 1 N–H and O–H groups in total. The molecule has 0 unspecified atom stereocenters. The maximum atomic E-state index is 12.9. The van der Waals surface area contributed by atoms with Gasteiger partial charge in [0.15, 0.2) is 16.6 Å². The second-order valence-electron chi connectivity index (χ2n) is 7.69. The number of methoxy groups -OCH3 is 3. The van der Waals surface area contributed by atoms with E-state index < -0.39 is 0 Å². The Hall–Kier alpha value is -3.59. The average molecular weight is 468 g/mol. The molecule has 8 nitrogen and oxygen atoms in total. The minimum absolute atomic E-state index is 0.0412. The largest absolute Gasteiger partial charge is 0.493 e. The number of anilines is 2. The summed E-state index contributed by atoms with van der Waals surface area (Å²) in [5, 5.41) is 5.20. The Morgan fingerprint density at radius 1 is 1.09 bits per heavy atom. The highest BCUT2D eigenvalue weighted by Crippen LogP contribution is 2.39. The van der Waals surface area contributed by atoms with Gasteiger partial charge in [0, 0.05) is 35.2 Å². The molecular formula is C24H25N3O5S. The van der Waals surface area contributed by atoms with Crippen LogP contribution < -0.4 is 24.4 Å². The molecule has 2 amide bonds. The molecule has 2 heterocycles. The fourth-order valence-corrected chi connectivity index (χ4v) is 4.83. The van der Waals surface area contributed by atoms with Gasteiger partial charge in [-0.1, -0.05) is 6.07 Å². The molecule has 1 aromatic heterocycles. The Balaban J connectivity index is 1.55. The van der Waals surface area contributed by atoms with E-state index in [1.54, 1.807) is 19.1 Å². The Morgan fingerprint density at radius 2 is 1.79 bits per heavy atom. The first-order valence-electron chi connectivity index (χ1n) is 10.4. The molecule has 1 aliphatic heterocycles. The van der Waals surface area contributed by atoms with Gasteiger partial charge in [0.1, 0.15) is 0 Å². The summed E-state index contributed by atoms with van der Waals surface area (Å²) < 4.78 is 16.0. The van der Waals surface area contributed by atoms with E-state index in [4.69, 9.17) is 14.2 Å². The van der Waals surface area contributed by atoms with Crippen LogP contribution >= 0.6 is 11.3 Å². The fraction of sp³-hybridized carbons (Fsp3) is 0.292.